The zero-order valence-corrected chi connectivity index (χ0v) is 11.8. The summed E-state index contributed by atoms with van der Waals surface area (Å²) in [6, 6.07) is 6.62. The second-order valence-corrected chi connectivity index (χ2v) is 5.65. The van der Waals surface area contributed by atoms with Crippen LogP contribution in [0.1, 0.15) is 44.7 Å². The number of fused-ring (bicyclic) bond motifs is 1. The van der Waals surface area contributed by atoms with Gasteiger partial charge in [0.05, 0.1) is 0 Å². The van der Waals surface area contributed by atoms with Gasteiger partial charge in [-0.2, -0.15) is 4.98 Å². The summed E-state index contributed by atoms with van der Waals surface area (Å²) in [7, 11) is 0. The van der Waals surface area contributed by atoms with Gasteiger partial charge in [0.15, 0.2) is 5.65 Å². The molecule has 1 N–H and O–H groups in total. The van der Waals surface area contributed by atoms with Gasteiger partial charge in [-0.05, 0) is 37.8 Å². The first kappa shape index (κ1) is 12.5. The molecular weight excluding hydrogens is 236 g/mol. The van der Waals surface area contributed by atoms with E-state index < -0.39 is 0 Å². The average molecular weight is 258 g/mol. The van der Waals surface area contributed by atoms with Crippen molar-refractivity contribution in [1.29, 1.82) is 0 Å². The van der Waals surface area contributed by atoms with E-state index in [-0.39, 0.29) is 0 Å². The quantitative estimate of drug-likeness (QED) is 0.917. The molecule has 0 radical (unpaired) electrons. The van der Waals surface area contributed by atoms with Gasteiger partial charge in [0, 0.05) is 11.7 Å². The van der Waals surface area contributed by atoms with E-state index in [4.69, 9.17) is 0 Å². The van der Waals surface area contributed by atoms with Crippen LogP contribution in [0.4, 0.5) is 5.95 Å². The number of anilines is 1. The fourth-order valence-electron chi connectivity index (χ4n) is 3.07. The number of nitrogens with one attached hydrogen (secondary N) is 1. The predicted molar refractivity (Wildman–Crippen MR) is 77.4 cm³/mol. The molecule has 0 aliphatic heterocycles. The number of rotatable bonds is 3. The molecule has 102 valence electrons. The van der Waals surface area contributed by atoms with Gasteiger partial charge in [0.25, 0.3) is 0 Å². The first-order valence-electron chi connectivity index (χ1n) is 7.35. The molecule has 0 amide bonds. The molecule has 2 aromatic heterocycles. The van der Waals surface area contributed by atoms with E-state index in [0.29, 0.717) is 6.04 Å². The minimum atomic E-state index is 0.538. The largest absolute Gasteiger partial charge is 0.350 e. The minimum Gasteiger partial charge on any atom is -0.350 e. The highest BCUT2D eigenvalue weighted by molar-refractivity contribution is 5.44. The van der Waals surface area contributed by atoms with Crippen LogP contribution in [0.2, 0.25) is 0 Å². The van der Waals surface area contributed by atoms with Crippen molar-refractivity contribution in [1.82, 2.24) is 14.6 Å². The molecule has 2 atom stereocenters. The van der Waals surface area contributed by atoms with Gasteiger partial charge in [-0.1, -0.05) is 32.3 Å². The van der Waals surface area contributed by atoms with Crippen LogP contribution >= 0.6 is 0 Å². The van der Waals surface area contributed by atoms with Crippen LogP contribution in [0.25, 0.3) is 5.65 Å². The first-order chi connectivity index (χ1) is 9.26. The Morgan fingerprint density at radius 2 is 2.26 bits per heavy atom. The highest BCUT2D eigenvalue weighted by atomic mass is 15.4. The van der Waals surface area contributed by atoms with Crippen molar-refractivity contribution >= 4 is 11.6 Å². The van der Waals surface area contributed by atoms with E-state index >= 15 is 0 Å². The molecule has 2 heterocycles. The topological polar surface area (TPSA) is 42.2 Å². The van der Waals surface area contributed by atoms with Gasteiger partial charge < -0.3 is 5.32 Å². The fourth-order valence-corrected chi connectivity index (χ4v) is 3.07. The molecule has 4 heteroatoms. The molecule has 1 fully saturated rings. The number of aromatic nitrogens is 3. The summed E-state index contributed by atoms with van der Waals surface area (Å²) in [5.74, 6) is 1.64. The maximum absolute atomic E-state index is 4.56. The van der Waals surface area contributed by atoms with E-state index in [1.165, 1.54) is 32.1 Å². The molecule has 2 unspecified atom stereocenters. The molecule has 19 heavy (non-hydrogen) atoms. The Bertz CT molecular complexity index is 560. The standard InChI is InChI=1S/C15H22N4/c1-3-12-7-5-8-13(10-12)16-15-17-14-9-4-6-11(2)19(14)18-15/h4,6,9,12-13H,3,5,7-8,10H2,1-2H3,(H,16,18). The van der Waals surface area contributed by atoms with Crippen LogP contribution in [-0.2, 0) is 0 Å². The lowest BCUT2D eigenvalue weighted by molar-refractivity contribution is 0.326. The van der Waals surface area contributed by atoms with Crippen molar-refractivity contribution in [2.45, 2.75) is 52.0 Å². The van der Waals surface area contributed by atoms with Crippen molar-refractivity contribution in [3.63, 3.8) is 0 Å². The van der Waals surface area contributed by atoms with Gasteiger partial charge >= 0.3 is 0 Å². The molecule has 0 aromatic carbocycles. The van der Waals surface area contributed by atoms with E-state index in [2.05, 4.69) is 35.3 Å². The Labute approximate surface area is 114 Å². The van der Waals surface area contributed by atoms with Gasteiger partial charge in [0.2, 0.25) is 5.95 Å². The third kappa shape index (κ3) is 2.57. The smallest absolute Gasteiger partial charge is 0.243 e. The number of hydrogen-bond donors (Lipinski definition) is 1. The first-order valence-corrected chi connectivity index (χ1v) is 7.35. The molecule has 4 nitrogen and oxygen atoms in total. The van der Waals surface area contributed by atoms with E-state index in [1.807, 2.05) is 16.6 Å². The maximum atomic E-state index is 4.56. The van der Waals surface area contributed by atoms with E-state index in [1.54, 1.807) is 0 Å². The molecule has 2 aromatic rings. The van der Waals surface area contributed by atoms with Crippen molar-refractivity contribution in [3.05, 3.63) is 23.9 Å². The Kier molecular flexibility index (Phi) is 3.40. The van der Waals surface area contributed by atoms with Crippen molar-refractivity contribution < 1.29 is 0 Å². The Balaban J connectivity index is 1.76. The van der Waals surface area contributed by atoms with Crippen molar-refractivity contribution in [2.75, 3.05) is 5.32 Å². The monoisotopic (exact) mass is 258 g/mol. The molecule has 1 aliphatic carbocycles. The lowest BCUT2D eigenvalue weighted by Crippen LogP contribution is -2.27. The van der Waals surface area contributed by atoms with Crippen LogP contribution in [0.3, 0.4) is 0 Å². The SMILES string of the molecule is CCC1CCCC(Nc2nc3cccc(C)n3n2)C1. The molecule has 0 saturated heterocycles. The number of hydrogen-bond acceptors (Lipinski definition) is 3. The normalized spacial score (nSPS) is 23.7. The Morgan fingerprint density at radius 3 is 3.05 bits per heavy atom. The zero-order chi connectivity index (χ0) is 13.2. The van der Waals surface area contributed by atoms with Crippen LogP contribution in [-0.4, -0.2) is 20.6 Å². The predicted octanol–water partition coefficient (Wildman–Crippen LogP) is 3.42. The summed E-state index contributed by atoms with van der Waals surface area (Å²) in [5.41, 5.74) is 2.04. The van der Waals surface area contributed by atoms with Crippen LogP contribution in [0.5, 0.6) is 0 Å². The molecule has 1 aliphatic rings. The van der Waals surface area contributed by atoms with Gasteiger partial charge in [-0.25, -0.2) is 4.52 Å². The summed E-state index contributed by atoms with van der Waals surface area (Å²) < 4.78 is 1.91. The number of pyridine rings is 1. The third-order valence-corrected chi connectivity index (χ3v) is 4.24. The minimum absolute atomic E-state index is 0.538. The lowest BCUT2D eigenvalue weighted by atomic mass is 9.84. The fraction of sp³-hybridized carbons (Fsp3) is 0.600. The average Bonchev–Trinajstić information content (AvgIpc) is 2.83. The zero-order valence-electron chi connectivity index (χ0n) is 11.8. The molecule has 0 bridgehead atoms. The lowest BCUT2D eigenvalue weighted by Gasteiger charge is -2.28. The summed E-state index contributed by atoms with van der Waals surface area (Å²) in [4.78, 5) is 4.56. The van der Waals surface area contributed by atoms with Crippen molar-refractivity contribution in [3.8, 4) is 0 Å². The van der Waals surface area contributed by atoms with E-state index in [0.717, 1.165) is 23.2 Å². The molecular formula is C15H22N4. The summed E-state index contributed by atoms with van der Waals surface area (Å²) in [5, 5.41) is 8.07. The highest BCUT2D eigenvalue weighted by Crippen LogP contribution is 2.28. The molecule has 0 spiro atoms. The Hall–Kier alpha value is -1.58. The van der Waals surface area contributed by atoms with Gasteiger partial charge in [-0.3, -0.25) is 0 Å². The molecule has 1 saturated carbocycles. The Morgan fingerprint density at radius 1 is 1.37 bits per heavy atom. The second kappa shape index (κ2) is 5.19. The number of nitrogens with zero attached hydrogens (tertiary/aromatic N) is 3. The maximum Gasteiger partial charge on any atom is 0.243 e. The van der Waals surface area contributed by atoms with Crippen LogP contribution in [0, 0.1) is 12.8 Å². The highest BCUT2D eigenvalue weighted by Gasteiger charge is 2.21. The van der Waals surface area contributed by atoms with E-state index in [9.17, 15) is 0 Å². The molecule has 3 rings (SSSR count). The van der Waals surface area contributed by atoms with Gasteiger partial charge in [0.1, 0.15) is 0 Å². The summed E-state index contributed by atoms with van der Waals surface area (Å²) >= 11 is 0. The third-order valence-electron chi connectivity index (χ3n) is 4.24. The second-order valence-electron chi connectivity index (χ2n) is 5.65. The van der Waals surface area contributed by atoms with Crippen molar-refractivity contribution in [2.24, 2.45) is 5.92 Å². The van der Waals surface area contributed by atoms with Gasteiger partial charge in [-0.15, -0.1) is 5.10 Å². The van der Waals surface area contributed by atoms with Crippen LogP contribution < -0.4 is 5.32 Å². The number of aryl methyl sites for hydroxylation is 1. The summed E-state index contributed by atoms with van der Waals surface area (Å²) in [6.45, 7) is 4.35. The van der Waals surface area contributed by atoms with Crippen LogP contribution in [0.15, 0.2) is 18.2 Å². The summed E-state index contributed by atoms with van der Waals surface area (Å²) in [6.07, 6.45) is 6.49.